The van der Waals surface area contributed by atoms with Gasteiger partial charge in [0.05, 0.1) is 31.4 Å². The lowest BCUT2D eigenvalue weighted by Crippen LogP contribution is -2.54. The van der Waals surface area contributed by atoms with Gasteiger partial charge in [0.25, 0.3) is 0 Å². The molecule has 3 saturated heterocycles. The number of para-hydroxylation sites is 1. The second-order valence-electron chi connectivity index (χ2n) is 13.3. The van der Waals surface area contributed by atoms with E-state index in [0.717, 1.165) is 54.0 Å². The fourth-order valence-electron chi connectivity index (χ4n) is 7.11. The van der Waals surface area contributed by atoms with Crippen molar-refractivity contribution in [3.8, 4) is 0 Å². The molecule has 2 aromatic rings. The molecule has 3 fully saturated rings. The number of pyridine rings is 1. The maximum Gasteiger partial charge on any atom is 0.331 e. The van der Waals surface area contributed by atoms with Gasteiger partial charge < -0.3 is 30.1 Å². The van der Waals surface area contributed by atoms with Gasteiger partial charge in [-0.25, -0.2) is 19.6 Å². The smallest absolute Gasteiger partial charge is 0.331 e. The number of aromatic nitrogens is 1. The maximum absolute atomic E-state index is 14.4. The molecule has 1 unspecified atom stereocenters. The molecule has 1 aromatic heterocycles. The van der Waals surface area contributed by atoms with Crippen molar-refractivity contribution in [3.05, 3.63) is 53.2 Å². The van der Waals surface area contributed by atoms with Crippen LogP contribution in [0, 0.1) is 12.8 Å². The van der Waals surface area contributed by atoms with Gasteiger partial charge in [-0.3, -0.25) is 10.2 Å². The number of fused-ring (bicyclic) bond motifs is 1. The van der Waals surface area contributed by atoms with Crippen LogP contribution in [0.2, 0.25) is 0 Å². The molecule has 5 heterocycles. The molecule has 12 nitrogen and oxygen atoms in total. The van der Waals surface area contributed by atoms with Gasteiger partial charge in [-0.15, -0.1) is 0 Å². The Morgan fingerprint density at radius 2 is 1.57 bits per heavy atom. The van der Waals surface area contributed by atoms with Crippen molar-refractivity contribution in [2.45, 2.75) is 71.0 Å². The molecule has 0 aliphatic carbocycles. The quantitative estimate of drug-likeness (QED) is 0.444. The first-order valence-corrected chi connectivity index (χ1v) is 16.8. The summed E-state index contributed by atoms with van der Waals surface area (Å²) in [5.74, 6) is 0.547. The highest BCUT2D eigenvalue weighted by molar-refractivity contribution is 6.00. The van der Waals surface area contributed by atoms with Crippen molar-refractivity contribution >= 4 is 29.5 Å². The number of amides is 5. The third kappa shape index (κ3) is 7.23. The second kappa shape index (κ2) is 14.3. The molecule has 0 radical (unpaired) electrons. The van der Waals surface area contributed by atoms with Crippen LogP contribution in [0.15, 0.2) is 36.4 Å². The lowest BCUT2D eigenvalue weighted by Gasteiger charge is -2.41. The average molecular weight is 633 g/mol. The van der Waals surface area contributed by atoms with Crippen LogP contribution in [-0.2, 0) is 16.1 Å². The zero-order valence-electron chi connectivity index (χ0n) is 27.3. The first-order valence-electron chi connectivity index (χ1n) is 16.8. The number of likely N-dealkylation sites (tertiary alicyclic amines) is 2. The third-order valence-corrected chi connectivity index (χ3v) is 9.68. The SMILES string of the molecule is Cc1ccccc1N1Cc2ccc(NC3CCN(C(=O)NN4CCOCC4)CC3)nc2C(C2CCN(C(=O)NC(C)C)CC2)C1=O. The monoisotopic (exact) mass is 632 g/mol. The molecule has 12 heteroatoms. The number of nitrogens with one attached hydrogen (secondary N) is 3. The summed E-state index contributed by atoms with van der Waals surface area (Å²) in [4.78, 5) is 50.6. The van der Waals surface area contributed by atoms with Gasteiger partial charge >= 0.3 is 12.1 Å². The number of aryl methyl sites for hydroxylation is 1. The van der Waals surface area contributed by atoms with Crippen molar-refractivity contribution in [1.29, 1.82) is 0 Å². The molecule has 1 atom stereocenters. The number of morpholine rings is 1. The first-order chi connectivity index (χ1) is 22.3. The lowest BCUT2D eigenvalue weighted by atomic mass is 9.78. The minimum Gasteiger partial charge on any atom is -0.379 e. The number of benzene rings is 1. The van der Waals surface area contributed by atoms with Gasteiger partial charge in [0.1, 0.15) is 5.82 Å². The van der Waals surface area contributed by atoms with E-state index in [2.05, 4.69) is 22.1 Å². The Hall–Kier alpha value is -3.90. The minimum atomic E-state index is -0.383. The fourth-order valence-corrected chi connectivity index (χ4v) is 7.11. The predicted molar refractivity (Wildman–Crippen MR) is 176 cm³/mol. The highest BCUT2D eigenvalue weighted by Crippen LogP contribution is 2.41. The van der Waals surface area contributed by atoms with Gasteiger partial charge in [-0.2, -0.15) is 0 Å². The van der Waals surface area contributed by atoms with Crippen LogP contribution >= 0.6 is 0 Å². The lowest BCUT2D eigenvalue weighted by molar-refractivity contribution is -0.122. The molecular weight excluding hydrogens is 584 g/mol. The molecule has 1 aromatic carbocycles. The van der Waals surface area contributed by atoms with E-state index >= 15 is 0 Å². The number of hydrazine groups is 1. The number of rotatable bonds is 6. The largest absolute Gasteiger partial charge is 0.379 e. The third-order valence-electron chi connectivity index (χ3n) is 9.68. The van der Waals surface area contributed by atoms with Crippen LogP contribution < -0.4 is 21.0 Å². The summed E-state index contributed by atoms with van der Waals surface area (Å²) < 4.78 is 5.37. The van der Waals surface area contributed by atoms with E-state index in [1.165, 1.54) is 0 Å². The zero-order valence-corrected chi connectivity index (χ0v) is 27.3. The van der Waals surface area contributed by atoms with E-state index in [1.807, 2.05) is 70.8 Å². The van der Waals surface area contributed by atoms with E-state index in [-0.39, 0.29) is 41.9 Å². The van der Waals surface area contributed by atoms with E-state index in [1.54, 1.807) is 0 Å². The van der Waals surface area contributed by atoms with Crippen LogP contribution in [0.1, 0.15) is 62.3 Å². The summed E-state index contributed by atoms with van der Waals surface area (Å²) in [5.41, 5.74) is 6.92. The number of carbonyl (C=O) groups excluding carboxylic acids is 3. The molecule has 3 N–H and O–H groups in total. The summed E-state index contributed by atoms with van der Waals surface area (Å²) in [6, 6.07) is 12.3. The number of urea groups is 2. The number of ether oxygens (including phenoxy) is 1. The molecular formula is C34H48N8O4. The van der Waals surface area contributed by atoms with Gasteiger partial charge in [0, 0.05) is 57.0 Å². The fraction of sp³-hybridized carbons (Fsp3) is 0.588. The molecule has 0 saturated carbocycles. The number of nitrogens with zero attached hydrogens (tertiary/aromatic N) is 5. The summed E-state index contributed by atoms with van der Waals surface area (Å²) in [7, 11) is 0. The Labute approximate surface area is 271 Å². The average Bonchev–Trinajstić information content (AvgIpc) is 3.05. The highest BCUT2D eigenvalue weighted by atomic mass is 16.5. The second-order valence-corrected chi connectivity index (χ2v) is 13.3. The van der Waals surface area contributed by atoms with E-state index < -0.39 is 0 Å². The summed E-state index contributed by atoms with van der Waals surface area (Å²) in [5, 5.41) is 8.54. The number of anilines is 2. The Kier molecular flexibility index (Phi) is 9.93. The van der Waals surface area contributed by atoms with Crippen LogP contribution in [0.4, 0.5) is 21.1 Å². The molecule has 5 amide bonds. The molecule has 0 bridgehead atoms. The summed E-state index contributed by atoms with van der Waals surface area (Å²) >= 11 is 0. The molecule has 4 aliphatic rings. The number of hydrogen-bond donors (Lipinski definition) is 3. The van der Waals surface area contributed by atoms with Gasteiger partial charge in [-0.1, -0.05) is 24.3 Å². The van der Waals surface area contributed by atoms with Gasteiger partial charge in [-0.05, 0) is 75.6 Å². The molecule has 4 aliphatic heterocycles. The molecule has 6 rings (SSSR count). The highest BCUT2D eigenvalue weighted by Gasteiger charge is 2.42. The van der Waals surface area contributed by atoms with Gasteiger partial charge in [0.15, 0.2) is 0 Å². The van der Waals surface area contributed by atoms with Crippen molar-refractivity contribution in [2.24, 2.45) is 5.92 Å². The van der Waals surface area contributed by atoms with E-state index in [4.69, 9.17) is 9.72 Å². The van der Waals surface area contributed by atoms with Gasteiger partial charge in [0.2, 0.25) is 5.91 Å². The van der Waals surface area contributed by atoms with Crippen molar-refractivity contribution in [3.63, 3.8) is 0 Å². The summed E-state index contributed by atoms with van der Waals surface area (Å²) in [6.07, 6.45) is 3.12. The first kappa shape index (κ1) is 32.1. The van der Waals surface area contributed by atoms with Crippen molar-refractivity contribution < 1.29 is 19.1 Å². The normalized spacial score (nSPS) is 21.7. The minimum absolute atomic E-state index is 0.0420. The Bertz CT molecular complexity index is 1400. The predicted octanol–water partition coefficient (Wildman–Crippen LogP) is 3.68. The maximum atomic E-state index is 14.4. The van der Waals surface area contributed by atoms with Crippen molar-refractivity contribution in [1.82, 2.24) is 30.5 Å². The number of carbonyl (C=O) groups is 3. The van der Waals surface area contributed by atoms with E-state index in [0.29, 0.717) is 59.0 Å². The van der Waals surface area contributed by atoms with Crippen LogP contribution in [-0.4, -0.2) is 102 Å². The Balaban J connectivity index is 1.16. The van der Waals surface area contributed by atoms with Crippen LogP contribution in [0.5, 0.6) is 0 Å². The topological polar surface area (TPSA) is 122 Å². The molecule has 46 heavy (non-hydrogen) atoms. The Morgan fingerprint density at radius 1 is 0.891 bits per heavy atom. The van der Waals surface area contributed by atoms with Crippen LogP contribution in [0.3, 0.4) is 0 Å². The van der Waals surface area contributed by atoms with Crippen LogP contribution in [0.25, 0.3) is 0 Å². The van der Waals surface area contributed by atoms with E-state index in [9.17, 15) is 14.4 Å². The number of piperidine rings is 2. The summed E-state index contributed by atoms with van der Waals surface area (Å²) in [6.45, 7) is 11.7. The standard InChI is InChI=1S/C34H48N8O4/c1-23(2)35-33(44)39-14-10-25(11-15-39)30-31-26(22-42(32(30)43)28-7-5-4-6-24(28)3)8-9-29(37-31)36-27-12-16-40(17-13-27)34(45)38-41-18-20-46-21-19-41/h4-9,23,25,27,30H,10-22H2,1-3H3,(H,35,44)(H,36,37)(H,38,45). The molecule has 248 valence electrons. The Morgan fingerprint density at radius 3 is 2.26 bits per heavy atom. The van der Waals surface area contributed by atoms with Crippen molar-refractivity contribution in [2.75, 3.05) is 62.7 Å². The number of hydrogen-bond acceptors (Lipinski definition) is 7. The zero-order chi connectivity index (χ0) is 32.2. The molecule has 0 spiro atoms.